The largest absolute Gasteiger partial charge is 0.379 e. The van der Waals surface area contributed by atoms with E-state index < -0.39 is 0 Å². The number of likely N-dealkylation sites (N-methyl/N-ethyl adjacent to an activating group) is 1. The summed E-state index contributed by atoms with van der Waals surface area (Å²) in [6.45, 7) is 13.6. The molecule has 0 amide bonds. The van der Waals surface area contributed by atoms with Crippen LogP contribution in [0.1, 0.15) is 32.6 Å². The average molecular weight is 512 g/mol. The van der Waals surface area contributed by atoms with Crippen molar-refractivity contribution in [2.24, 2.45) is 0 Å². The Hall–Kier alpha value is -0.400. The number of unbranched alkanes of at least 4 members (excludes halogenated alkanes) is 3. The summed E-state index contributed by atoms with van der Waals surface area (Å²) in [7, 11) is 1.90. The SMILES string of the molecule is CCCCCCOCCOCCOCCOCCOCCOCCOCCOCCOCCNC. The number of rotatable bonds is 32. The van der Waals surface area contributed by atoms with Crippen molar-refractivity contribution in [3.05, 3.63) is 0 Å². The normalized spacial score (nSPS) is 11.5. The maximum absolute atomic E-state index is 5.52. The van der Waals surface area contributed by atoms with Crippen LogP contribution in [0.25, 0.3) is 0 Å². The fraction of sp³-hybridized carbons (Fsp3) is 1.00. The monoisotopic (exact) mass is 511 g/mol. The van der Waals surface area contributed by atoms with Gasteiger partial charge in [-0.1, -0.05) is 26.2 Å². The molecule has 0 radical (unpaired) electrons. The van der Waals surface area contributed by atoms with Gasteiger partial charge in [-0.2, -0.15) is 0 Å². The van der Waals surface area contributed by atoms with Crippen LogP contribution < -0.4 is 5.32 Å². The third kappa shape index (κ3) is 33.6. The molecule has 0 aromatic carbocycles. The number of hydrogen-bond donors (Lipinski definition) is 1. The summed E-state index contributed by atoms with van der Waals surface area (Å²) in [5, 5.41) is 3.02. The van der Waals surface area contributed by atoms with Crippen LogP contribution in [0.4, 0.5) is 0 Å². The second-order valence-corrected chi connectivity index (χ2v) is 7.68. The first-order chi connectivity index (χ1) is 17.4. The zero-order valence-electron chi connectivity index (χ0n) is 22.4. The highest BCUT2D eigenvalue weighted by Gasteiger charge is 1.95. The Labute approximate surface area is 213 Å². The Kier molecular flexibility index (Phi) is 33.2. The van der Waals surface area contributed by atoms with Crippen LogP contribution in [0.5, 0.6) is 0 Å². The topological polar surface area (TPSA) is 95.1 Å². The van der Waals surface area contributed by atoms with Gasteiger partial charge in [0.15, 0.2) is 0 Å². The molecule has 0 saturated carbocycles. The molecule has 0 aliphatic rings. The summed E-state index contributed by atoms with van der Waals surface area (Å²) >= 11 is 0. The van der Waals surface area contributed by atoms with Crippen molar-refractivity contribution in [3.8, 4) is 0 Å². The minimum atomic E-state index is 0.538. The molecule has 0 aromatic heterocycles. The smallest absolute Gasteiger partial charge is 0.0701 e. The predicted octanol–water partition coefficient (Wildman–Crippen LogP) is 1.94. The summed E-state index contributed by atoms with van der Waals surface area (Å²) in [5.41, 5.74) is 0. The van der Waals surface area contributed by atoms with Crippen LogP contribution in [0.15, 0.2) is 0 Å². The molecule has 1 N–H and O–H groups in total. The molecule has 35 heavy (non-hydrogen) atoms. The van der Waals surface area contributed by atoms with Crippen LogP contribution >= 0.6 is 0 Å². The number of hydrogen-bond acceptors (Lipinski definition) is 10. The summed E-state index contributed by atoms with van der Waals surface area (Å²) in [5.74, 6) is 0. The molecular weight excluding hydrogens is 458 g/mol. The van der Waals surface area contributed by atoms with Crippen LogP contribution in [0, 0.1) is 0 Å². The zero-order chi connectivity index (χ0) is 25.3. The molecule has 0 atom stereocenters. The lowest BCUT2D eigenvalue weighted by Crippen LogP contribution is -2.17. The highest BCUT2D eigenvalue weighted by molar-refractivity contribution is 4.41. The fourth-order valence-electron chi connectivity index (χ4n) is 2.67. The van der Waals surface area contributed by atoms with Gasteiger partial charge in [0.25, 0.3) is 0 Å². The van der Waals surface area contributed by atoms with Crippen molar-refractivity contribution < 1.29 is 42.6 Å². The van der Waals surface area contributed by atoms with Gasteiger partial charge in [0.1, 0.15) is 0 Å². The molecule has 0 heterocycles. The molecule has 0 spiro atoms. The van der Waals surface area contributed by atoms with Gasteiger partial charge >= 0.3 is 0 Å². The molecule has 10 nitrogen and oxygen atoms in total. The maximum atomic E-state index is 5.52. The third-order valence-corrected chi connectivity index (χ3v) is 4.61. The van der Waals surface area contributed by atoms with E-state index in [2.05, 4.69) is 12.2 Å². The Morgan fingerprint density at radius 1 is 0.343 bits per heavy atom. The lowest BCUT2D eigenvalue weighted by atomic mass is 10.2. The van der Waals surface area contributed by atoms with Crippen LogP contribution in [0.3, 0.4) is 0 Å². The number of nitrogens with one attached hydrogen (secondary N) is 1. The van der Waals surface area contributed by atoms with Gasteiger partial charge in [-0.25, -0.2) is 0 Å². The molecule has 0 saturated heterocycles. The third-order valence-electron chi connectivity index (χ3n) is 4.61. The fourth-order valence-corrected chi connectivity index (χ4v) is 2.67. The van der Waals surface area contributed by atoms with Crippen LogP contribution in [0.2, 0.25) is 0 Å². The molecule has 0 unspecified atom stereocenters. The van der Waals surface area contributed by atoms with E-state index in [1.807, 2.05) is 7.05 Å². The van der Waals surface area contributed by atoms with Gasteiger partial charge in [-0.3, -0.25) is 0 Å². The number of ether oxygens (including phenoxy) is 9. The average Bonchev–Trinajstić information content (AvgIpc) is 2.87. The first-order valence-corrected chi connectivity index (χ1v) is 13.3. The summed E-state index contributed by atoms with van der Waals surface area (Å²) in [6.07, 6.45) is 4.92. The minimum Gasteiger partial charge on any atom is -0.379 e. The van der Waals surface area contributed by atoms with E-state index in [-0.39, 0.29) is 0 Å². The van der Waals surface area contributed by atoms with Crippen LogP contribution in [-0.4, -0.2) is 133 Å². The highest BCUT2D eigenvalue weighted by atomic mass is 16.6. The quantitative estimate of drug-likeness (QED) is 0.135. The van der Waals surface area contributed by atoms with E-state index in [0.29, 0.717) is 112 Å². The van der Waals surface area contributed by atoms with Gasteiger partial charge in [-0.05, 0) is 13.5 Å². The van der Waals surface area contributed by atoms with Crippen molar-refractivity contribution >= 4 is 0 Å². The molecule has 212 valence electrons. The van der Waals surface area contributed by atoms with E-state index in [1.165, 1.54) is 19.3 Å². The van der Waals surface area contributed by atoms with Gasteiger partial charge in [-0.15, -0.1) is 0 Å². The molecule has 0 fully saturated rings. The summed E-state index contributed by atoms with van der Waals surface area (Å²) in [4.78, 5) is 0. The van der Waals surface area contributed by atoms with E-state index in [0.717, 1.165) is 19.6 Å². The van der Waals surface area contributed by atoms with Crippen molar-refractivity contribution in [1.82, 2.24) is 5.32 Å². The van der Waals surface area contributed by atoms with Crippen molar-refractivity contribution in [1.29, 1.82) is 0 Å². The zero-order valence-corrected chi connectivity index (χ0v) is 22.4. The van der Waals surface area contributed by atoms with Gasteiger partial charge < -0.3 is 47.9 Å². The lowest BCUT2D eigenvalue weighted by molar-refractivity contribution is -0.0249. The molecule has 0 aliphatic heterocycles. The van der Waals surface area contributed by atoms with Crippen molar-refractivity contribution in [2.75, 3.05) is 133 Å². The van der Waals surface area contributed by atoms with Gasteiger partial charge in [0, 0.05) is 13.2 Å². The van der Waals surface area contributed by atoms with Crippen LogP contribution in [-0.2, 0) is 42.6 Å². The van der Waals surface area contributed by atoms with Gasteiger partial charge in [0.2, 0.25) is 0 Å². The van der Waals surface area contributed by atoms with Crippen molar-refractivity contribution in [3.63, 3.8) is 0 Å². The van der Waals surface area contributed by atoms with Crippen molar-refractivity contribution in [2.45, 2.75) is 32.6 Å². The predicted molar refractivity (Wildman–Crippen MR) is 135 cm³/mol. The standard InChI is InChI=1S/C25H53NO9/c1-3-4-5-6-8-27-10-12-29-14-16-31-18-20-33-22-24-35-25-23-34-21-19-32-17-15-30-13-11-28-9-7-26-2/h26H,3-25H2,1-2H3. The summed E-state index contributed by atoms with van der Waals surface area (Å²) in [6, 6.07) is 0. The van der Waals surface area contributed by atoms with E-state index >= 15 is 0 Å². The summed E-state index contributed by atoms with van der Waals surface area (Å²) < 4.78 is 49.0. The molecule has 0 bridgehead atoms. The Bertz CT molecular complexity index is 336. The minimum absolute atomic E-state index is 0.538. The highest BCUT2D eigenvalue weighted by Crippen LogP contribution is 1.98. The molecule has 0 rings (SSSR count). The Morgan fingerprint density at radius 2 is 0.629 bits per heavy atom. The second kappa shape index (κ2) is 33.6. The molecule has 0 aromatic rings. The molecule has 10 heteroatoms. The molecule has 0 aliphatic carbocycles. The first-order valence-electron chi connectivity index (χ1n) is 13.3. The van der Waals surface area contributed by atoms with Gasteiger partial charge in [0.05, 0.1) is 112 Å². The molecular formula is C25H53NO9. The Balaban J connectivity index is 3.00. The lowest BCUT2D eigenvalue weighted by Gasteiger charge is -2.09. The first kappa shape index (κ1) is 34.6. The maximum Gasteiger partial charge on any atom is 0.0701 e. The van der Waals surface area contributed by atoms with E-state index in [4.69, 9.17) is 42.6 Å². The Morgan fingerprint density at radius 3 is 0.914 bits per heavy atom. The van der Waals surface area contributed by atoms with E-state index in [9.17, 15) is 0 Å². The second-order valence-electron chi connectivity index (χ2n) is 7.68. The van der Waals surface area contributed by atoms with E-state index in [1.54, 1.807) is 0 Å².